The molecule has 0 bridgehead atoms. The van der Waals surface area contributed by atoms with Crippen LogP contribution in [0, 0.1) is 0 Å². The lowest BCUT2D eigenvalue weighted by molar-refractivity contribution is 1.13. The second-order valence-electron chi connectivity index (χ2n) is 3.18. The van der Waals surface area contributed by atoms with E-state index in [0.29, 0.717) is 0 Å². The smallest absolute Gasteiger partial charge is 0.0357 e. The molecule has 1 aromatic carbocycles. The summed E-state index contributed by atoms with van der Waals surface area (Å²) in [5.74, 6) is 0. The van der Waals surface area contributed by atoms with Crippen molar-refractivity contribution in [1.29, 1.82) is 0 Å². The third kappa shape index (κ3) is 3.79. The van der Waals surface area contributed by atoms with Gasteiger partial charge in [0, 0.05) is 12.2 Å². The third-order valence-electron chi connectivity index (χ3n) is 1.90. The molecule has 1 nitrogen and oxygen atoms in total. The number of anilines is 1. The summed E-state index contributed by atoms with van der Waals surface area (Å²) < 4.78 is 0. The first kappa shape index (κ1) is 9.85. The van der Waals surface area contributed by atoms with Gasteiger partial charge in [-0.25, -0.2) is 0 Å². The average Bonchev–Trinajstić information content (AvgIpc) is 2.17. The lowest BCUT2D eigenvalue weighted by atomic mass is 10.2. The fourth-order valence-corrected chi connectivity index (χ4v) is 1.22. The van der Waals surface area contributed by atoms with Crippen molar-refractivity contribution in [3.8, 4) is 0 Å². The fraction of sp³-hybridized carbons (Fsp3) is 0.333. The molecule has 0 saturated carbocycles. The molecule has 0 amide bonds. The van der Waals surface area contributed by atoms with Crippen LogP contribution in [0.25, 0.3) is 0 Å². The number of allylic oxidation sites excluding steroid dienone is 1. The van der Waals surface area contributed by atoms with Crippen molar-refractivity contribution >= 4 is 5.69 Å². The summed E-state index contributed by atoms with van der Waals surface area (Å²) in [5.41, 5.74) is 2.58. The molecular weight excluding hydrogens is 158 g/mol. The van der Waals surface area contributed by atoms with Crippen molar-refractivity contribution in [1.82, 2.24) is 0 Å². The molecular formula is C12H17N. The van der Waals surface area contributed by atoms with Crippen molar-refractivity contribution in [3.05, 3.63) is 42.0 Å². The number of rotatable bonds is 4. The van der Waals surface area contributed by atoms with E-state index < -0.39 is 0 Å². The Hall–Kier alpha value is -1.24. The van der Waals surface area contributed by atoms with Gasteiger partial charge in [0.25, 0.3) is 0 Å². The van der Waals surface area contributed by atoms with Gasteiger partial charge in [-0.3, -0.25) is 0 Å². The largest absolute Gasteiger partial charge is 0.381 e. The van der Waals surface area contributed by atoms with E-state index in [9.17, 15) is 0 Å². The molecule has 0 atom stereocenters. The van der Waals surface area contributed by atoms with Crippen LogP contribution in [0.1, 0.15) is 20.3 Å². The average molecular weight is 175 g/mol. The van der Waals surface area contributed by atoms with Crippen LogP contribution in [0.15, 0.2) is 42.0 Å². The van der Waals surface area contributed by atoms with Crippen LogP contribution in [-0.2, 0) is 0 Å². The van der Waals surface area contributed by atoms with Crippen LogP contribution in [0.5, 0.6) is 0 Å². The zero-order chi connectivity index (χ0) is 9.52. The first-order valence-electron chi connectivity index (χ1n) is 4.77. The SMILES string of the molecule is CCC=C(C)CNc1ccccc1. The third-order valence-corrected chi connectivity index (χ3v) is 1.90. The van der Waals surface area contributed by atoms with Crippen LogP contribution in [0.2, 0.25) is 0 Å². The van der Waals surface area contributed by atoms with Gasteiger partial charge in [0.05, 0.1) is 0 Å². The molecule has 1 aromatic rings. The van der Waals surface area contributed by atoms with E-state index in [1.807, 2.05) is 18.2 Å². The molecule has 0 aliphatic rings. The molecule has 13 heavy (non-hydrogen) atoms. The molecule has 70 valence electrons. The summed E-state index contributed by atoms with van der Waals surface area (Å²) in [4.78, 5) is 0. The molecule has 0 saturated heterocycles. The van der Waals surface area contributed by atoms with E-state index in [4.69, 9.17) is 0 Å². The first-order valence-corrected chi connectivity index (χ1v) is 4.77. The summed E-state index contributed by atoms with van der Waals surface area (Å²) in [6.07, 6.45) is 3.36. The second-order valence-corrected chi connectivity index (χ2v) is 3.18. The molecule has 1 N–H and O–H groups in total. The van der Waals surface area contributed by atoms with Gasteiger partial charge in [0.15, 0.2) is 0 Å². The fourth-order valence-electron chi connectivity index (χ4n) is 1.22. The van der Waals surface area contributed by atoms with Gasteiger partial charge in [0.2, 0.25) is 0 Å². The summed E-state index contributed by atoms with van der Waals surface area (Å²) in [7, 11) is 0. The normalized spacial score (nSPS) is 11.4. The maximum atomic E-state index is 3.36. The Morgan fingerprint density at radius 3 is 2.62 bits per heavy atom. The highest BCUT2D eigenvalue weighted by atomic mass is 14.9. The Balaban J connectivity index is 2.39. The highest BCUT2D eigenvalue weighted by Crippen LogP contribution is 2.06. The Morgan fingerprint density at radius 2 is 2.00 bits per heavy atom. The maximum Gasteiger partial charge on any atom is 0.0357 e. The molecule has 0 aliphatic carbocycles. The van der Waals surface area contributed by atoms with Gasteiger partial charge >= 0.3 is 0 Å². The van der Waals surface area contributed by atoms with E-state index in [1.165, 1.54) is 11.3 Å². The number of hydrogen-bond donors (Lipinski definition) is 1. The summed E-state index contributed by atoms with van der Waals surface area (Å²) >= 11 is 0. The summed E-state index contributed by atoms with van der Waals surface area (Å²) in [5, 5.41) is 3.36. The van der Waals surface area contributed by atoms with Crippen LogP contribution < -0.4 is 5.32 Å². The van der Waals surface area contributed by atoms with Gasteiger partial charge in [0.1, 0.15) is 0 Å². The molecule has 1 heteroatoms. The molecule has 0 radical (unpaired) electrons. The van der Waals surface area contributed by atoms with Gasteiger partial charge in [-0.2, -0.15) is 0 Å². The Kier molecular flexibility index (Phi) is 4.10. The highest BCUT2D eigenvalue weighted by molar-refractivity contribution is 5.43. The van der Waals surface area contributed by atoms with Gasteiger partial charge in [-0.1, -0.05) is 36.8 Å². The predicted molar refractivity (Wildman–Crippen MR) is 59.0 cm³/mol. The van der Waals surface area contributed by atoms with E-state index in [2.05, 4.69) is 37.4 Å². The minimum Gasteiger partial charge on any atom is -0.381 e. The molecule has 0 heterocycles. The lowest BCUT2D eigenvalue weighted by Gasteiger charge is -2.05. The Bertz CT molecular complexity index is 262. The van der Waals surface area contributed by atoms with E-state index in [-0.39, 0.29) is 0 Å². The van der Waals surface area contributed by atoms with E-state index in [0.717, 1.165) is 13.0 Å². The highest BCUT2D eigenvalue weighted by Gasteiger charge is 1.89. The Morgan fingerprint density at radius 1 is 1.31 bits per heavy atom. The second kappa shape index (κ2) is 5.41. The van der Waals surface area contributed by atoms with Gasteiger partial charge in [-0.15, -0.1) is 0 Å². The zero-order valence-corrected chi connectivity index (χ0v) is 8.38. The number of benzene rings is 1. The van der Waals surface area contributed by atoms with Crippen molar-refractivity contribution in [2.45, 2.75) is 20.3 Å². The number of nitrogens with one attached hydrogen (secondary N) is 1. The minimum atomic E-state index is 0.942. The maximum absolute atomic E-state index is 3.36. The lowest BCUT2D eigenvalue weighted by Crippen LogP contribution is -2.02. The van der Waals surface area contributed by atoms with Crippen LogP contribution in [-0.4, -0.2) is 6.54 Å². The molecule has 0 aromatic heterocycles. The van der Waals surface area contributed by atoms with Crippen molar-refractivity contribution in [2.24, 2.45) is 0 Å². The van der Waals surface area contributed by atoms with Crippen LogP contribution in [0.4, 0.5) is 5.69 Å². The minimum absolute atomic E-state index is 0.942. The zero-order valence-electron chi connectivity index (χ0n) is 8.38. The molecule has 1 rings (SSSR count). The standard InChI is InChI=1S/C12H17N/c1-3-7-11(2)10-13-12-8-5-4-6-9-12/h4-9,13H,3,10H2,1-2H3. The predicted octanol–water partition coefficient (Wildman–Crippen LogP) is 3.45. The molecule has 0 spiro atoms. The molecule has 0 fully saturated rings. The number of hydrogen-bond acceptors (Lipinski definition) is 1. The molecule has 0 unspecified atom stereocenters. The van der Waals surface area contributed by atoms with Gasteiger partial charge in [-0.05, 0) is 25.5 Å². The van der Waals surface area contributed by atoms with Crippen molar-refractivity contribution in [3.63, 3.8) is 0 Å². The topological polar surface area (TPSA) is 12.0 Å². The quantitative estimate of drug-likeness (QED) is 0.691. The first-order chi connectivity index (χ1) is 6.33. The van der Waals surface area contributed by atoms with E-state index in [1.54, 1.807) is 0 Å². The van der Waals surface area contributed by atoms with Crippen LogP contribution >= 0.6 is 0 Å². The summed E-state index contributed by atoms with van der Waals surface area (Å²) in [6, 6.07) is 10.3. The number of para-hydroxylation sites is 1. The summed E-state index contributed by atoms with van der Waals surface area (Å²) in [6.45, 7) is 5.25. The Labute approximate surface area is 80.5 Å². The monoisotopic (exact) mass is 175 g/mol. The van der Waals surface area contributed by atoms with Crippen molar-refractivity contribution in [2.75, 3.05) is 11.9 Å². The van der Waals surface area contributed by atoms with Crippen LogP contribution in [0.3, 0.4) is 0 Å². The van der Waals surface area contributed by atoms with E-state index >= 15 is 0 Å². The van der Waals surface area contributed by atoms with Gasteiger partial charge < -0.3 is 5.32 Å². The molecule has 0 aliphatic heterocycles. The van der Waals surface area contributed by atoms with Crippen molar-refractivity contribution < 1.29 is 0 Å².